The number of nitrogens with zero attached hydrogens (tertiary/aromatic N) is 1. The van der Waals surface area contributed by atoms with Gasteiger partial charge in [0.2, 0.25) is 10.0 Å². The molecule has 112 valence electrons. The Hall–Kier alpha value is -1.77. The number of rotatable bonds is 5. The third kappa shape index (κ3) is 3.87. The second-order valence-corrected chi connectivity index (χ2v) is 7.03. The predicted octanol–water partition coefficient (Wildman–Crippen LogP) is 1.72. The number of aromatic nitrogens is 1. The van der Waals surface area contributed by atoms with E-state index in [0.717, 1.165) is 5.01 Å². The molecule has 1 aromatic heterocycles. The molecule has 0 aliphatic rings. The van der Waals surface area contributed by atoms with Crippen LogP contribution in [0.1, 0.15) is 21.1 Å². The summed E-state index contributed by atoms with van der Waals surface area (Å²) in [6, 6.07) is 5.68. The van der Waals surface area contributed by atoms with Gasteiger partial charge < -0.3 is 4.74 Å². The van der Waals surface area contributed by atoms with Gasteiger partial charge in [-0.2, -0.15) is 0 Å². The Morgan fingerprint density at radius 1 is 1.43 bits per heavy atom. The van der Waals surface area contributed by atoms with Crippen molar-refractivity contribution < 1.29 is 17.9 Å². The van der Waals surface area contributed by atoms with Crippen LogP contribution >= 0.6 is 11.3 Å². The van der Waals surface area contributed by atoms with Gasteiger partial charge in [0.15, 0.2) is 0 Å². The average molecular weight is 326 g/mol. The maximum absolute atomic E-state index is 12.2. The number of ether oxygens (including phenoxy) is 1. The SMILES string of the molecule is COC(=O)c1cccc(S(=O)(=O)NCc2csc(C)n2)c1. The molecule has 1 N–H and O–H groups in total. The lowest BCUT2D eigenvalue weighted by atomic mass is 10.2. The second-order valence-electron chi connectivity index (χ2n) is 4.20. The number of sulfonamides is 1. The molecule has 0 spiro atoms. The molecular weight excluding hydrogens is 312 g/mol. The third-order valence-electron chi connectivity index (χ3n) is 2.68. The zero-order chi connectivity index (χ0) is 15.5. The topological polar surface area (TPSA) is 85.4 Å². The number of thiazole rings is 1. The number of nitrogens with one attached hydrogen (secondary N) is 1. The van der Waals surface area contributed by atoms with E-state index in [1.54, 1.807) is 5.38 Å². The highest BCUT2D eigenvalue weighted by Gasteiger charge is 2.16. The van der Waals surface area contributed by atoms with Gasteiger partial charge in [0.05, 0.1) is 34.8 Å². The van der Waals surface area contributed by atoms with Crippen LogP contribution in [0.15, 0.2) is 34.5 Å². The normalized spacial score (nSPS) is 11.3. The highest BCUT2D eigenvalue weighted by atomic mass is 32.2. The van der Waals surface area contributed by atoms with Gasteiger partial charge in [-0.15, -0.1) is 11.3 Å². The van der Waals surface area contributed by atoms with Crippen LogP contribution in [0.3, 0.4) is 0 Å². The molecule has 0 saturated heterocycles. The van der Waals surface area contributed by atoms with E-state index >= 15 is 0 Å². The molecule has 0 aliphatic heterocycles. The maximum atomic E-state index is 12.2. The first-order valence-corrected chi connectivity index (χ1v) is 8.38. The number of benzene rings is 1. The van der Waals surface area contributed by atoms with Crippen molar-refractivity contribution >= 4 is 27.3 Å². The van der Waals surface area contributed by atoms with Gasteiger partial charge in [0.1, 0.15) is 0 Å². The second kappa shape index (κ2) is 6.33. The largest absolute Gasteiger partial charge is 0.465 e. The van der Waals surface area contributed by atoms with E-state index in [4.69, 9.17) is 0 Å². The molecule has 0 saturated carbocycles. The number of esters is 1. The Kier molecular flexibility index (Phi) is 4.71. The molecule has 1 aromatic carbocycles. The summed E-state index contributed by atoms with van der Waals surface area (Å²) in [5, 5.41) is 2.67. The van der Waals surface area contributed by atoms with Crippen molar-refractivity contribution in [3.05, 3.63) is 45.9 Å². The monoisotopic (exact) mass is 326 g/mol. The average Bonchev–Trinajstić information content (AvgIpc) is 2.90. The standard InChI is InChI=1S/C13H14N2O4S2/c1-9-15-11(8-20-9)7-14-21(17,18)12-5-3-4-10(6-12)13(16)19-2/h3-6,8,14H,7H2,1-2H3. The van der Waals surface area contributed by atoms with Gasteiger partial charge in [-0.3, -0.25) is 0 Å². The van der Waals surface area contributed by atoms with Gasteiger partial charge >= 0.3 is 5.97 Å². The van der Waals surface area contributed by atoms with E-state index in [1.807, 2.05) is 6.92 Å². The van der Waals surface area contributed by atoms with Gasteiger partial charge in [0, 0.05) is 5.38 Å². The molecule has 21 heavy (non-hydrogen) atoms. The summed E-state index contributed by atoms with van der Waals surface area (Å²) < 4.78 is 31.4. The highest BCUT2D eigenvalue weighted by molar-refractivity contribution is 7.89. The Bertz CT molecular complexity index is 753. The molecule has 6 nitrogen and oxygen atoms in total. The Balaban J connectivity index is 2.17. The van der Waals surface area contributed by atoms with Crippen LogP contribution in [-0.2, 0) is 21.3 Å². The molecule has 0 bridgehead atoms. The highest BCUT2D eigenvalue weighted by Crippen LogP contribution is 2.14. The smallest absolute Gasteiger partial charge is 0.337 e. The molecule has 8 heteroatoms. The molecule has 0 radical (unpaired) electrons. The van der Waals surface area contributed by atoms with Crippen LogP contribution in [0.25, 0.3) is 0 Å². The molecule has 2 rings (SSSR count). The molecule has 0 atom stereocenters. The van der Waals surface area contributed by atoms with Crippen LogP contribution in [0.4, 0.5) is 0 Å². The van der Waals surface area contributed by atoms with Crippen molar-refractivity contribution in [1.82, 2.24) is 9.71 Å². The third-order valence-corrected chi connectivity index (χ3v) is 4.90. The zero-order valence-electron chi connectivity index (χ0n) is 11.5. The predicted molar refractivity (Wildman–Crippen MR) is 78.7 cm³/mol. The summed E-state index contributed by atoms with van der Waals surface area (Å²) in [7, 11) is -2.46. The molecular formula is C13H14N2O4S2. The molecule has 0 aliphatic carbocycles. The molecule has 0 amide bonds. The number of carbonyl (C=O) groups is 1. The van der Waals surface area contributed by atoms with E-state index in [9.17, 15) is 13.2 Å². The van der Waals surface area contributed by atoms with Crippen LogP contribution in [0, 0.1) is 6.92 Å². The summed E-state index contributed by atoms with van der Waals surface area (Å²) in [4.78, 5) is 15.6. The molecule has 0 unspecified atom stereocenters. The van der Waals surface area contributed by atoms with Gasteiger partial charge in [-0.05, 0) is 25.1 Å². The van der Waals surface area contributed by atoms with Crippen LogP contribution in [-0.4, -0.2) is 26.5 Å². The van der Waals surface area contributed by atoms with Gasteiger partial charge in [-0.1, -0.05) is 6.07 Å². The van der Waals surface area contributed by atoms with E-state index < -0.39 is 16.0 Å². The summed E-state index contributed by atoms with van der Waals surface area (Å²) in [5.74, 6) is -0.581. The van der Waals surface area contributed by atoms with E-state index in [-0.39, 0.29) is 17.0 Å². The number of hydrogen-bond donors (Lipinski definition) is 1. The summed E-state index contributed by atoms with van der Waals surface area (Å²) in [6.45, 7) is 1.96. The van der Waals surface area contributed by atoms with Crippen LogP contribution in [0.5, 0.6) is 0 Å². The van der Waals surface area contributed by atoms with E-state index in [0.29, 0.717) is 5.69 Å². The first-order chi connectivity index (χ1) is 9.92. The summed E-state index contributed by atoms with van der Waals surface area (Å²) >= 11 is 1.45. The Morgan fingerprint density at radius 2 is 2.19 bits per heavy atom. The van der Waals surface area contributed by atoms with Crippen LogP contribution in [0.2, 0.25) is 0 Å². The number of methoxy groups -OCH3 is 1. The number of carbonyl (C=O) groups excluding carboxylic acids is 1. The minimum absolute atomic E-state index is 0.0114. The summed E-state index contributed by atoms with van der Waals surface area (Å²) in [6.07, 6.45) is 0. The van der Waals surface area contributed by atoms with E-state index in [2.05, 4.69) is 14.4 Å². The first-order valence-electron chi connectivity index (χ1n) is 6.01. The zero-order valence-corrected chi connectivity index (χ0v) is 13.1. The molecule has 1 heterocycles. The lowest BCUT2D eigenvalue weighted by Gasteiger charge is -2.06. The Morgan fingerprint density at radius 3 is 2.81 bits per heavy atom. The quantitative estimate of drug-likeness (QED) is 0.846. The minimum Gasteiger partial charge on any atom is -0.465 e. The fraction of sp³-hybridized carbons (Fsp3) is 0.231. The Labute approximate surface area is 126 Å². The summed E-state index contributed by atoms with van der Waals surface area (Å²) in [5.41, 5.74) is 0.843. The van der Waals surface area contributed by atoms with Crippen molar-refractivity contribution in [2.75, 3.05) is 7.11 Å². The van der Waals surface area contributed by atoms with Crippen molar-refractivity contribution in [3.8, 4) is 0 Å². The van der Waals surface area contributed by atoms with Gasteiger partial charge in [0.25, 0.3) is 0 Å². The molecule has 2 aromatic rings. The lowest BCUT2D eigenvalue weighted by Crippen LogP contribution is -2.23. The van der Waals surface area contributed by atoms with Crippen molar-refractivity contribution in [2.45, 2.75) is 18.4 Å². The van der Waals surface area contributed by atoms with E-state index in [1.165, 1.54) is 42.7 Å². The van der Waals surface area contributed by atoms with Crippen molar-refractivity contribution in [2.24, 2.45) is 0 Å². The van der Waals surface area contributed by atoms with Gasteiger partial charge in [-0.25, -0.2) is 22.9 Å². The fourth-order valence-electron chi connectivity index (χ4n) is 1.65. The fourth-order valence-corrected chi connectivity index (χ4v) is 3.31. The molecule has 0 fully saturated rings. The number of hydrogen-bond acceptors (Lipinski definition) is 6. The van der Waals surface area contributed by atoms with Crippen molar-refractivity contribution in [3.63, 3.8) is 0 Å². The minimum atomic E-state index is -3.71. The number of aryl methyl sites for hydroxylation is 1. The van der Waals surface area contributed by atoms with Crippen LogP contribution < -0.4 is 4.72 Å². The van der Waals surface area contributed by atoms with Crippen molar-refractivity contribution in [1.29, 1.82) is 0 Å². The maximum Gasteiger partial charge on any atom is 0.337 e. The lowest BCUT2D eigenvalue weighted by molar-refractivity contribution is 0.0600. The first kappa shape index (κ1) is 15.6.